The molecular formula is C26H31N7O3. The summed E-state index contributed by atoms with van der Waals surface area (Å²) in [5.41, 5.74) is 7.78. The van der Waals surface area contributed by atoms with Crippen molar-refractivity contribution >= 4 is 11.4 Å². The maximum Gasteiger partial charge on any atom is 0.211 e. The molecule has 2 aromatic carbocycles. The smallest absolute Gasteiger partial charge is 0.211 e. The lowest BCUT2D eigenvalue weighted by atomic mass is 9.91. The predicted octanol–water partition coefficient (Wildman–Crippen LogP) is 4.56. The van der Waals surface area contributed by atoms with Crippen LogP contribution in [0.5, 0.6) is 11.5 Å². The number of nitrogens with one attached hydrogen (secondary N) is 2. The Bertz CT molecular complexity index is 1240. The third kappa shape index (κ3) is 7.33. The summed E-state index contributed by atoms with van der Waals surface area (Å²) in [6.45, 7) is 9.71. The first kappa shape index (κ1) is 26.3. The van der Waals surface area contributed by atoms with Crippen molar-refractivity contribution in [2.75, 3.05) is 13.7 Å². The number of ketones is 1. The lowest BCUT2D eigenvalue weighted by molar-refractivity contribution is -0.113. The van der Waals surface area contributed by atoms with Crippen molar-refractivity contribution in [3.63, 3.8) is 0 Å². The zero-order valence-corrected chi connectivity index (χ0v) is 21.0. The Morgan fingerprint density at radius 3 is 2.61 bits per heavy atom. The van der Waals surface area contributed by atoms with Gasteiger partial charge in [-0.15, -0.1) is 10.2 Å². The molecule has 10 heteroatoms. The number of ether oxygens (including phenoxy) is 2. The molecule has 0 atom stereocenters. The fourth-order valence-corrected chi connectivity index (χ4v) is 3.80. The Morgan fingerprint density at radius 1 is 1.17 bits per heavy atom. The van der Waals surface area contributed by atoms with Crippen molar-refractivity contribution in [3.8, 4) is 11.5 Å². The molecule has 3 aromatic rings. The van der Waals surface area contributed by atoms with Gasteiger partial charge in [0.25, 0.3) is 0 Å². The average molecular weight is 490 g/mol. The molecule has 0 radical (unpaired) electrons. The number of H-pyrrole nitrogens is 1. The number of hydrogen-bond donors (Lipinski definition) is 2. The van der Waals surface area contributed by atoms with Crippen LogP contribution in [0.4, 0.5) is 0 Å². The largest absolute Gasteiger partial charge is 0.487 e. The van der Waals surface area contributed by atoms with Gasteiger partial charge in [0, 0.05) is 11.6 Å². The number of rotatable bonds is 13. The molecule has 0 amide bonds. The Morgan fingerprint density at radius 2 is 1.94 bits per heavy atom. The first-order valence-corrected chi connectivity index (χ1v) is 11.5. The van der Waals surface area contributed by atoms with Gasteiger partial charge >= 0.3 is 0 Å². The van der Waals surface area contributed by atoms with Crippen LogP contribution in [0, 0.1) is 6.92 Å². The number of benzene rings is 2. The van der Waals surface area contributed by atoms with Crippen LogP contribution in [0.15, 0.2) is 70.7 Å². The molecule has 0 fully saturated rings. The molecule has 36 heavy (non-hydrogen) atoms. The molecule has 0 saturated carbocycles. The number of Topliss-reactive ketones (excluding diaryl/α,β-unsaturated/α-hetero) is 1. The summed E-state index contributed by atoms with van der Waals surface area (Å²) in [5, 5.41) is 21.2. The summed E-state index contributed by atoms with van der Waals surface area (Å²) in [4.78, 5) is 12.7. The van der Waals surface area contributed by atoms with E-state index in [0.29, 0.717) is 29.4 Å². The van der Waals surface area contributed by atoms with E-state index in [2.05, 4.69) is 55.1 Å². The molecule has 1 aromatic heterocycles. The number of allylic oxidation sites excluding steroid dienone is 2. The van der Waals surface area contributed by atoms with Gasteiger partial charge in [-0.05, 0) is 62.0 Å². The highest BCUT2D eigenvalue weighted by molar-refractivity contribution is 6.01. The molecule has 0 unspecified atom stereocenters. The molecule has 0 aliphatic rings. The number of aryl methyl sites for hydroxylation is 2. The van der Waals surface area contributed by atoms with Gasteiger partial charge in [0.15, 0.2) is 12.4 Å². The van der Waals surface area contributed by atoms with Crippen LogP contribution >= 0.6 is 0 Å². The zero-order valence-electron chi connectivity index (χ0n) is 21.0. The Balaban J connectivity index is 1.94. The predicted molar refractivity (Wildman–Crippen MR) is 136 cm³/mol. The highest BCUT2D eigenvalue weighted by Gasteiger charge is 2.18. The number of carbonyl (C=O) groups excluding carboxylic acids is 1. The number of hydrogen-bond acceptors (Lipinski definition) is 8. The number of aromatic amines is 1. The Kier molecular flexibility index (Phi) is 9.44. The second-order valence-electron chi connectivity index (χ2n) is 8.18. The van der Waals surface area contributed by atoms with Gasteiger partial charge in [0.2, 0.25) is 5.82 Å². The van der Waals surface area contributed by atoms with Crippen molar-refractivity contribution in [3.05, 3.63) is 82.8 Å². The van der Waals surface area contributed by atoms with Gasteiger partial charge in [-0.1, -0.05) is 47.3 Å². The highest BCUT2D eigenvalue weighted by atomic mass is 16.5. The third-order valence-corrected chi connectivity index (χ3v) is 5.50. The van der Waals surface area contributed by atoms with Crippen LogP contribution in [0.1, 0.15) is 42.8 Å². The second kappa shape index (κ2) is 12.9. The Labute approximate surface area is 210 Å². The van der Waals surface area contributed by atoms with Crippen molar-refractivity contribution in [2.24, 2.45) is 10.3 Å². The van der Waals surface area contributed by atoms with Crippen LogP contribution < -0.4 is 14.9 Å². The molecule has 2 N–H and O–H groups in total. The van der Waals surface area contributed by atoms with Crippen molar-refractivity contribution in [1.82, 2.24) is 26.0 Å². The summed E-state index contributed by atoms with van der Waals surface area (Å²) in [5.74, 6) is 1.59. The van der Waals surface area contributed by atoms with E-state index in [9.17, 15) is 4.79 Å². The minimum atomic E-state index is 0.0284. The first-order chi connectivity index (χ1) is 17.4. The first-order valence-electron chi connectivity index (χ1n) is 11.5. The second-order valence-corrected chi connectivity index (χ2v) is 8.18. The van der Waals surface area contributed by atoms with Crippen molar-refractivity contribution in [2.45, 2.75) is 40.2 Å². The summed E-state index contributed by atoms with van der Waals surface area (Å²) in [6.07, 6.45) is 1.38. The molecule has 188 valence electrons. The quantitative estimate of drug-likeness (QED) is 0.205. The Hall–Kier alpha value is -4.34. The summed E-state index contributed by atoms with van der Waals surface area (Å²) in [7, 11) is 1.56. The number of nitrogens with zero attached hydrogens (tertiary/aromatic N) is 5. The average Bonchev–Trinajstić information content (AvgIpc) is 3.39. The maximum absolute atomic E-state index is 12.7. The van der Waals surface area contributed by atoms with E-state index in [1.807, 2.05) is 38.1 Å². The minimum absolute atomic E-state index is 0.0284. The number of tetrazole rings is 1. The van der Waals surface area contributed by atoms with Gasteiger partial charge in [-0.2, -0.15) is 10.3 Å². The highest BCUT2D eigenvalue weighted by Crippen LogP contribution is 2.36. The summed E-state index contributed by atoms with van der Waals surface area (Å²) >= 11 is 0. The van der Waals surface area contributed by atoms with Crippen LogP contribution in [0.2, 0.25) is 0 Å². The molecule has 10 nitrogen and oxygen atoms in total. The molecule has 1 heterocycles. The van der Waals surface area contributed by atoms with Crippen LogP contribution in [-0.4, -0.2) is 40.1 Å². The summed E-state index contributed by atoms with van der Waals surface area (Å²) in [6, 6.07) is 13.8. The maximum atomic E-state index is 12.7. The zero-order chi connectivity index (χ0) is 25.9. The lowest BCUT2D eigenvalue weighted by Gasteiger charge is -2.19. The fourth-order valence-electron chi connectivity index (χ4n) is 3.80. The van der Waals surface area contributed by atoms with E-state index in [1.165, 1.54) is 5.56 Å². The summed E-state index contributed by atoms with van der Waals surface area (Å²) < 4.78 is 12.0. The SMILES string of the molecule is C=C(COc1cc(OCc2nn[nH]n2)cc(C)c1/C(C)=C(/CCc1ccccc1)C(C)=O)NN=NC. The van der Waals surface area contributed by atoms with Crippen molar-refractivity contribution < 1.29 is 14.3 Å². The van der Waals surface area contributed by atoms with E-state index in [-0.39, 0.29) is 19.0 Å². The minimum Gasteiger partial charge on any atom is -0.487 e. The van der Waals surface area contributed by atoms with Crippen LogP contribution in [0.3, 0.4) is 0 Å². The van der Waals surface area contributed by atoms with E-state index in [4.69, 9.17) is 9.47 Å². The fraction of sp³-hybridized carbons (Fsp3) is 0.308. The normalized spacial score (nSPS) is 11.8. The topological polar surface area (TPSA) is 127 Å². The van der Waals surface area contributed by atoms with E-state index in [1.54, 1.807) is 20.0 Å². The monoisotopic (exact) mass is 489 g/mol. The molecule has 3 rings (SSSR count). The van der Waals surface area contributed by atoms with E-state index < -0.39 is 0 Å². The lowest BCUT2D eigenvalue weighted by Crippen LogP contribution is -2.13. The molecule has 0 aliphatic heterocycles. The third-order valence-electron chi connectivity index (χ3n) is 5.50. The van der Waals surface area contributed by atoms with E-state index >= 15 is 0 Å². The molecule has 0 aliphatic carbocycles. The standard InChI is InChI=1S/C26H31N7O3/c1-17-13-22(35-16-25-29-32-33-30-25)14-24(36-15-18(2)28-31-27-5)26(17)19(3)23(20(4)34)12-11-21-9-7-6-8-10-21/h6-10,13-14H,2,11-12,15-16H2,1,3-5H3,(H,27,28)(H,29,30,32,33)/b23-19-. The molecular weight excluding hydrogens is 458 g/mol. The van der Waals surface area contributed by atoms with Gasteiger partial charge in [-0.25, -0.2) is 0 Å². The molecule has 0 spiro atoms. The molecule has 0 bridgehead atoms. The van der Waals surface area contributed by atoms with Crippen molar-refractivity contribution in [1.29, 1.82) is 0 Å². The molecule has 0 saturated heterocycles. The van der Waals surface area contributed by atoms with Gasteiger partial charge in [0.05, 0.1) is 12.7 Å². The van der Waals surface area contributed by atoms with Gasteiger partial charge in [-0.3, -0.25) is 10.2 Å². The van der Waals surface area contributed by atoms with E-state index in [0.717, 1.165) is 28.7 Å². The van der Waals surface area contributed by atoms with Gasteiger partial charge < -0.3 is 9.47 Å². The van der Waals surface area contributed by atoms with Gasteiger partial charge in [0.1, 0.15) is 18.1 Å². The number of carbonyl (C=O) groups is 1. The van der Waals surface area contributed by atoms with Crippen LogP contribution in [-0.2, 0) is 17.8 Å². The number of aromatic nitrogens is 4. The van der Waals surface area contributed by atoms with Crippen LogP contribution in [0.25, 0.3) is 5.57 Å².